The molecule has 7 atom stereocenters. The molecule has 2 aliphatic heterocycles. The van der Waals surface area contributed by atoms with Gasteiger partial charge < -0.3 is 43.4 Å². The number of nitrogens with zero attached hydrogens (tertiary/aromatic N) is 4. The number of carbonyl (C=O) groups excluding carboxylic acids is 4. The minimum absolute atomic E-state index is 0.00311. The maximum Gasteiger partial charge on any atom is 0.241 e. The van der Waals surface area contributed by atoms with E-state index in [0.29, 0.717) is 65.0 Å². The molecule has 1 aliphatic carbocycles. The van der Waals surface area contributed by atoms with E-state index < -0.39 is 24.2 Å². The number of aliphatic imine (C=N–C) groups is 2. The van der Waals surface area contributed by atoms with Gasteiger partial charge in [0.2, 0.25) is 23.6 Å². The first-order chi connectivity index (χ1) is 42.3. The molecule has 0 bridgehead atoms. The Hall–Kier alpha value is -8.86. The third kappa shape index (κ3) is 17.2. The number of fused-ring (bicyclic) bond motifs is 2. The van der Waals surface area contributed by atoms with Gasteiger partial charge in [-0.3, -0.25) is 29.8 Å². The average molecular weight is 1170 g/mol. The van der Waals surface area contributed by atoms with Crippen LogP contribution in [-0.4, -0.2) is 121 Å². The van der Waals surface area contributed by atoms with E-state index in [2.05, 4.69) is 116 Å². The van der Waals surface area contributed by atoms with Crippen LogP contribution in [0.25, 0.3) is 10.8 Å². The van der Waals surface area contributed by atoms with Crippen molar-refractivity contribution in [2.24, 2.45) is 38.8 Å². The van der Waals surface area contributed by atoms with Crippen LogP contribution in [0.1, 0.15) is 96.7 Å². The molecule has 10 rings (SSSR count). The number of nitrogens with one attached hydrogen (secondary N) is 4. The van der Waals surface area contributed by atoms with E-state index in [1.165, 1.54) is 11.1 Å². The fraction of sp³-hybridized carbons (Fsp3) is 0.352. The number of aryl methyl sites for hydroxylation is 1. The summed E-state index contributed by atoms with van der Waals surface area (Å²) in [6, 6.07) is 61.5. The lowest BCUT2D eigenvalue weighted by atomic mass is 9.83. The quantitative estimate of drug-likeness (QED) is 0.0264. The van der Waals surface area contributed by atoms with Crippen LogP contribution >= 0.6 is 0 Å². The average Bonchev–Trinajstić information content (AvgIpc) is 3.41. The molecule has 0 aromatic heterocycles. The topological polar surface area (TPSA) is 252 Å². The summed E-state index contributed by atoms with van der Waals surface area (Å²) in [6.45, 7) is 6.94. The summed E-state index contributed by atoms with van der Waals surface area (Å²) in [5, 5.41) is 15.6. The number of guanidine groups is 2. The summed E-state index contributed by atoms with van der Waals surface area (Å²) in [6.07, 6.45) is 5.36. The van der Waals surface area contributed by atoms with E-state index in [4.69, 9.17) is 22.9 Å². The van der Waals surface area contributed by atoms with E-state index in [-0.39, 0.29) is 71.8 Å². The van der Waals surface area contributed by atoms with Gasteiger partial charge in [-0.05, 0) is 94.7 Å². The van der Waals surface area contributed by atoms with Crippen LogP contribution in [0.4, 0.5) is 0 Å². The Morgan fingerprint density at radius 3 is 1.41 bits per heavy atom. The van der Waals surface area contributed by atoms with Gasteiger partial charge in [-0.2, -0.15) is 0 Å². The largest absolute Gasteiger partial charge is 0.370 e. The molecule has 4 amide bonds. The first-order valence-electron chi connectivity index (χ1n) is 30.9. The van der Waals surface area contributed by atoms with Crippen molar-refractivity contribution in [3.05, 3.63) is 227 Å². The van der Waals surface area contributed by atoms with E-state index in [1.807, 2.05) is 127 Å². The van der Waals surface area contributed by atoms with Crippen molar-refractivity contribution >= 4 is 46.3 Å². The van der Waals surface area contributed by atoms with Crippen LogP contribution < -0.4 is 44.2 Å². The highest BCUT2D eigenvalue weighted by atomic mass is 16.2. The molecule has 87 heavy (non-hydrogen) atoms. The Kier molecular flexibility index (Phi) is 22.3. The molecular formula is C71H86N12O4. The summed E-state index contributed by atoms with van der Waals surface area (Å²) < 4.78 is 0. The van der Waals surface area contributed by atoms with E-state index in [9.17, 15) is 19.2 Å². The highest BCUT2D eigenvalue weighted by molar-refractivity contribution is 5.87. The number of carbonyl (C=O) groups is 4. The van der Waals surface area contributed by atoms with Gasteiger partial charge in [-0.1, -0.05) is 202 Å². The zero-order valence-electron chi connectivity index (χ0n) is 50.2. The number of nitrogens with two attached hydrogens (primary N) is 4. The van der Waals surface area contributed by atoms with Gasteiger partial charge in [-0.25, -0.2) is 9.98 Å². The molecule has 0 saturated carbocycles. The lowest BCUT2D eigenvalue weighted by Crippen LogP contribution is -2.54. The Bertz CT molecular complexity index is 3340. The second kappa shape index (κ2) is 31.0. The number of benzene rings is 7. The van der Waals surface area contributed by atoms with Crippen LogP contribution in [0, 0.1) is 5.92 Å². The number of hydrogen-bond acceptors (Lipinski definition) is 8. The smallest absolute Gasteiger partial charge is 0.241 e. The predicted octanol–water partition coefficient (Wildman–Crippen LogP) is 7.29. The third-order valence-electron chi connectivity index (χ3n) is 17.3. The maximum atomic E-state index is 14.2. The van der Waals surface area contributed by atoms with Crippen LogP contribution in [0.5, 0.6) is 0 Å². The number of hydrogen-bond donors (Lipinski definition) is 8. The molecule has 2 fully saturated rings. The SMILES string of the molecule is CCC(N=C(N)N)[C@@H]1N[C@H](CNC(=O)C2CCc3ccccc3C2)CCN(CC(c2ccccc2)c2ccccc2)C1=O.CCC(N=C(N)N)[C@@H]1N[C@H](CNC(=O)Cc2ccc3ccccc3c2)CCN(CC(c2ccccc2)c2ccccc2)C1=O. The minimum atomic E-state index is -0.626. The molecule has 0 spiro atoms. The minimum Gasteiger partial charge on any atom is -0.370 e. The van der Waals surface area contributed by atoms with Gasteiger partial charge in [0.05, 0.1) is 18.5 Å². The van der Waals surface area contributed by atoms with Crippen molar-refractivity contribution in [1.29, 1.82) is 0 Å². The summed E-state index contributed by atoms with van der Waals surface area (Å²) in [7, 11) is 0. The summed E-state index contributed by atoms with van der Waals surface area (Å²) in [5.74, 6) is -0.156. The molecule has 16 heteroatoms. The van der Waals surface area contributed by atoms with E-state index in [0.717, 1.165) is 57.9 Å². The van der Waals surface area contributed by atoms with Crippen molar-refractivity contribution in [2.75, 3.05) is 39.3 Å². The van der Waals surface area contributed by atoms with E-state index in [1.54, 1.807) is 0 Å². The molecule has 2 heterocycles. The Morgan fingerprint density at radius 2 is 0.954 bits per heavy atom. The van der Waals surface area contributed by atoms with Gasteiger partial charge in [0, 0.05) is 69.1 Å². The summed E-state index contributed by atoms with van der Waals surface area (Å²) in [5.41, 5.74) is 31.3. The van der Waals surface area contributed by atoms with Gasteiger partial charge in [-0.15, -0.1) is 0 Å². The second-order valence-electron chi connectivity index (χ2n) is 23.3. The Balaban J connectivity index is 0.000000208. The van der Waals surface area contributed by atoms with E-state index >= 15 is 0 Å². The first-order valence-corrected chi connectivity index (χ1v) is 30.9. The molecular weight excluding hydrogens is 1080 g/mol. The molecule has 16 nitrogen and oxygen atoms in total. The normalized spacial score (nSPS) is 19.3. The molecule has 454 valence electrons. The molecule has 3 unspecified atom stereocenters. The van der Waals surface area contributed by atoms with Gasteiger partial charge in [0.15, 0.2) is 11.9 Å². The van der Waals surface area contributed by atoms with Crippen LogP contribution in [-0.2, 0) is 38.4 Å². The highest BCUT2D eigenvalue weighted by Gasteiger charge is 2.39. The molecule has 3 aliphatic rings. The standard InChI is InChI=1S/C36H42N6O2.C35H44N6O2/c1-2-32(41-36(37)38)34-35(44)42(24-31(27-12-5-3-6-13-27)28-14-7-4-8-15-28)20-19-30(40-34)23-39-33(43)22-25-17-18-26-11-9-10-16-29(26)21-25;1-2-31(40-35(36)37)32-34(43)41(23-30(25-12-5-3-6-13-25)26-14-7-4-8-15-26)20-19-29(39-32)22-38-33(42)28-18-17-24-11-9-10-16-27(24)21-28/h3-18,21,30-32,34,40H,2,19-20,22-24H2,1H3,(H,39,43)(H4,37,38,41);3-16,28-32,39H,2,17-23H2,1H3,(H,38,42)(H4,36,37,40)/t30-,32?,34-;28?,29-,31?,32-/m00/s1. The van der Waals surface area contributed by atoms with Crippen molar-refractivity contribution in [2.45, 2.75) is 113 Å². The molecule has 12 N–H and O–H groups in total. The van der Waals surface area contributed by atoms with Gasteiger partial charge in [0.1, 0.15) is 12.1 Å². The molecule has 7 aromatic rings. The molecule has 0 radical (unpaired) electrons. The second-order valence-corrected chi connectivity index (χ2v) is 23.3. The van der Waals surface area contributed by atoms with Gasteiger partial charge >= 0.3 is 0 Å². The molecule has 2 saturated heterocycles. The predicted molar refractivity (Wildman–Crippen MR) is 349 cm³/mol. The summed E-state index contributed by atoms with van der Waals surface area (Å²) >= 11 is 0. The van der Waals surface area contributed by atoms with Crippen LogP contribution in [0.2, 0.25) is 0 Å². The fourth-order valence-electron chi connectivity index (χ4n) is 12.6. The zero-order chi connectivity index (χ0) is 61.1. The lowest BCUT2D eigenvalue weighted by Gasteiger charge is -2.31. The van der Waals surface area contributed by atoms with Crippen molar-refractivity contribution in [1.82, 2.24) is 31.1 Å². The number of amides is 4. The molecule has 7 aromatic carbocycles. The fourth-order valence-corrected chi connectivity index (χ4v) is 12.6. The Labute approximate surface area is 512 Å². The Morgan fingerprint density at radius 1 is 0.529 bits per heavy atom. The maximum absolute atomic E-state index is 14.2. The summed E-state index contributed by atoms with van der Waals surface area (Å²) in [4.78, 5) is 67.4. The van der Waals surface area contributed by atoms with Gasteiger partial charge in [0.25, 0.3) is 0 Å². The van der Waals surface area contributed by atoms with Crippen LogP contribution in [0.3, 0.4) is 0 Å². The first kappa shape index (κ1) is 62.7. The number of rotatable bonds is 21. The third-order valence-corrected chi connectivity index (χ3v) is 17.3. The van der Waals surface area contributed by atoms with Crippen molar-refractivity contribution < 1.29 is 19.2 Å². The van der Waals surface area contributed by atoms with Crippen molar-refractivity contribution in [3.8, 4) is 0 Å². The monoisotopic (exact) mass is 1170 g/mol. The zero-order valence-corrected chi connectivity index (χ0v) is 50.2. The van der Waals surface area contributed by atoms with Crippen molar-refractivity contribution in [3.63, 3.8) is 0 Å². The highest BCUT2D eigenvalue weighted by Crippen LogP contribution is 2.31. The van der Waals surface area contributed by atoms with Crippen LogP contribution in [0.15, 0.2) is 198 Å². The lowest BCUT2D eigenvalue weighted by molar-refractivity contribution is -0.134.